The highest BCUT2D eigenvalue weighted by Gasteiger charge is 2.39. The van der Waals surface area contributed by atoms with Crippen LogP contribution < -0.4 is 0 Å². The van der Waals surface area contributed by atoms with Crippen molar-refractivity contribution in [3.63, 3.8) is 0 Å². The summed E-state index contributed by atoms with van der Waals surface area (Å²) in [7, 11) is 0. The molecule has 0 heterocycles. The Morgan fingerprint density at radius 1 is 1.26 bits per heavy atom. The zero-order valence-corrected chi connectivity index (χ0v) is 18.9. The van der Waals surface area contributed by atoms with Crippen molar-refractivity contribution < 1.29 is 29.3 Å². The van der Waals surface area contributed by atoms with Crippen LogP contribution in [0, 0.1) is 11.8 Å². The summed E-state index contributed by atoms with van der Waals surface area (Å²) in [5.41, 5.74) is -0.956. The average Bonchev–Trinajstić information content (AvgIpc) is 3.00. The number of carbonyl (C=O) groups is 3. The zero-order chi connectivity index (χ0) is 23.3. The number of Topliss-reactive ketones (excluding diaryl/α,β-unsaturated/α-hetero) is 2. The van der Waals surface area contributed by atoms with Gasteiger partial charge in [0.1, 0.15) is 12.4 Å². The Kier molecular flexibility index (Phi) is 12.3. The molecule has 0 aliphatic heterocycles. The number of unbranched alkanes of at least 4 members (excludes halogenated alkanes) is 2. The van der Waals surface area contributed by atoms with E-state index in [4.69, 9.17) is 0 Å². The van der Waals surface area contributed by atoms with Crippen LogP contribution in [0.1, 0.15) is 71.6 Å². The molecule has 1 fully saturated rings. The number of ketones is 2. The SMILES string of the molecule is C=CC(O)(C/C=C/[C@H]1[C@H](O)CC(=O)[C@@H]1C/C=C\CCCC(=O)COC(C)=O)CCCC. The van der Waals surface area contributed by atoms with Gasteiger partial charge >= 0.3 is 5.97 Å². The average molecular weight is 435 g/mol. The zero-order valence-electron chi connectivity index (χ0n) is 18.9. The normalized spacial score (nSPS) is 23.4. The summed E-state index contributed by atoms with van der Waals surface area (Å²) >= 11 is 0. The first-order chi connectivity index (χ1) is 14.7. The number of rotatable bonds is 15. The number of esters is 1. The third-order valence-electron chi connectivity index (χ3n) is 5.73. The van der Waals surface area contributed by atoms with E-state index in [1.165, 1.54) is 6.92 Å². The molecule has 0 spiro atoms. The second kappa shape index (κ2) is 14.1. The second-order valence-electron chi connectivity index (χ2n) is 8.38. The Morgan fingerprint density at radius 2 is 2.00 bits per heavy atom. The van der Waals surface area contributed by atoms with Crippen molar-refractivity contribution in [3.8, 4) is 0 Å². The number of hydrogen-bond acceptors (Lipinski definition) is 6. The first-order valence-corrected chi connectivity index (χ1v) is 11.3. The lowest BCUT2D eigenvalue weighted by molar-refractivity contribution is -0.145. The van der Waals surface area contributed by atoms with Crippen molar-refractivity contribution in [1.82, 2.24) is 0 Å². The molecule has 0 aromatic heterocycles. The molecule has 1 unspecified atom stereocenters. The van der Waals surface area contributed by atoms with Gasteiger partial charge in [-0.15, -0.1) is 6.58 Å². The van der Waals surface area contributed by atoms with E-state index in [-0.39, 0.29) is 36.4 Å². The Hall–Kier alpha value is -2.05. The van der Waals surface area contributed by atoms with Gasteiger partial charge in [-0.2, -0.15) is 0 Å². The van der Waals surface area contributed by atoms with Crippen LogP contribution in [0.3, 0.4) is 0 Å². The van der Waals surface area contributed by atoms with E-state index in [9.17, 15) is 24.6 Å². The summed E-state index contributed by atoms with van der Waals surface area (Å²) in [6.07, 6.45) is 13.8. The lowest BCUT2D eigenvalue weighted by atomic mass is 9.88. The van der Waals surface area contributed by atoms with Crippen molar-refractivity contribution >= 4 is 17.5 Å². The molecule has 1 saturated carbocycles. The van der Waals surface area contributed by atoms with E-state index in [0.717, 1.165) is 12.8 Å². The van der Waals surface area contributed by atoms with Crippen LogP contribution in [0.25, 0.3) is 0 Å². The van der Waals surface area contributed by atoms with Gasteiger partial charge in [0, 0.05) is 31.6 Å². The van der Waals surface area contributed by atoms with Crippen molar-refractivity contribution in [3.05, 3.63) is 37.0 Å². The molecule has 1 aliphatic rings. The lowest BCUT2D eigenvalue weighted by Crippen LogP contribution is -2.25. The van der Waals surface area contributed by atoms with E-state index in [2.05, 4.69) is 18.2 Å². The van der Waals surface area contributed by atoms with Crippen LogP contribution in [0.2, 0.25) is 0 Å². The fraction of sp³-hybridized carbons (Fsp3) is 0.640. The molecule has 0 radical (unpaired) electrons. The van der Waals surface area contributed by atoms with Crippen molar-refractivity contribution in [1.29, 1.82) is 0 Å². The Labute approximate surface area is 186 Å². The van der Waals surface area contributed by atoms with E-state index in [0.29, 0.717) is 38.5 Å². The van der Waals surface area contributed by atoms with Crippen LogP contribution in [0.15, 0.2) is 37.0 Å². The molecule has 6 nitrogen and oxygen atoms in total. The van der Waals surface area contributed by atoms with Gasteiger partial charge in [-0.25, -0.2) is 0 Å². The summed E-state index contributed by atoms with van der Waals surface area (Å²) < 4.78 is 4.67. The summed E-state index contributed by atoms with van der Waals surface area (Å²) in [6.45, 7) is 6.89. The van der Waals surface area contributed by atoms with Crippen LogP contribution in [-0.4, -0.2) is 46.1 Å². The molecule has 4 atom stereocenters. The number of ether oxygens (including phenoxy) is 1. The smallest absolute Gasteiger partial charge is 0.303 e. The maximum Gasteiger partial charge on any atom is 0.303 e. The maximum atomic E-state index is 12.3. The fourth-order valence-electron chi connectivity index (χ4n) is 3.76. The largest absolute Gasteiger partial charge is 0.458 e. The topological polar surface area (TPSA) is 101 Å². The Bertz CT molecular complexity index is 665. The highest BCUT2D eigenvalue weighted by Crippen LogP contribution is 2.34. The standard InChI is InChI=1S/C25H38O6/c1-4-6-15-25(30,5-2)16-11-14-22-21(23(28)17-24(22)29)13-10-8-7-9-12-20(27)18-31-19(3)26/h5,8,10-11,14,21-22,24,29-30H,2,4,6-7,9,12-13,15-18H2,1,3H3/b10-8-,14-11+/t21-,22-,24-,25?/m1/s1. The third kappa shape index (κ3) is 10.2. The van der Waals surface area contributed by atoms with Crippen LogP contribution >= 0.6 is 0 Å². The van der Waals surface area contributed by atoms with Gasteiger partial charge in [-0.3, -0.25) is 14.4 Å². The first kappa shape index (κ1) is 27.0. The summed E-state index contributed by atoms with van der Waals surface area (Å²) in [4.78, 5) is 34.6. The van der Waals surface area contributed by atoms with Crippen LogP contribution in [0.5, 0.6) is 0 Å². The quantitative estimate of drug-likeness (QED) is 0.231. The van der Waals surface area contributed by atoms with Gasteiger partial charge < -0.3 is 14.9 Å². The summed E-state index contributed by atoms with van der Waals surface area (Å²) in [5, 5.41) is 20.9. The molecule has 2 N–H and O–H groups in total. The predicted molar refractivity (Wildman–Crippen MR) is 120 cm³/mol. The van der Waals surface area contributed by atoms with E-state index >= 15 is 0 Å². The molecule has 0 aromatic carbocycles. The minimum atomic E-state index is -0.956. The van der Waals surface area contributed by atoms with Crippen molar-refractivity contribution in [2.24, 2.45) is 11.8 Å². The van der Waals surface area contributed by atoms with Gasteiger partial charge in [0.25, 0.3) is 0 Å². The number of carbonyl (C=O) groups excluding carboxylic acids is 3. The molecule has 0 aromatic rings. The van der Waals surface area contributed by atoms with Crippen LogP contribution in [-0.2, 0) is 19.1 Å². The Morgan fingerprint density at radius 3 is 2.65 bits per heavy atom. The third-order valence-corrected chi connectivity index (χ3v) is 5.73. The monoisotopic (exact) mass is 434 g/mol. The molecule has 31 heavy (non-hydrogen) atoms. The number of allylic oxidation sites excluding steroid dienone is 2. The summed E-state index contributed by atoms with van der Waals surface area (Å²) in [6, 6.07) is 0. The molecule has 0 saturated heterocycles. The number of aliphatic hydroxyl groups excluding tert-OH is 1. The lowest BCUT2D eigenvalue weighted by Gasteiger charge is -2.23. The van der Waals surface area contributed by atoms with E-state index in [1.54, 1.807) is 6.08 Å². The maximum absolute atomic E-state index is 12.3. The van der Waals surface area contributed by atoms with Gasteiger partial charge in [0.05, 0.1) is 11.7 Å². The Balaban J connectivity index is 2.49. The van der Waals surface area contributed by atoms with Gasteiger partial charge in [0.2, 0.25) is 0 Å². The molecule has 0 amide bonds. The molecular formula is C25H38O6. The molecule has 6 heteroatoms. The van der Waals surface area contributed by atoms with Gasteiger partial charge in [-0.1, -0.05) is 50.1 Å². The fourth-order valence-corrected chi connectivity index (χ4v) is 3.76. The molecular weight excluding hydrogens is 396 g/mol. The highest BCUT2D eigenvalue weighted by atomic mass is 16.5. The minimum absolute atomic E-state index is 0.0494. The van der Waals surface area contributed by atoms with E-state index in [1.807, 2.05) is 24.3 Å². The number of aliphatic hydroxyl groups is 2. The highest BCUT2D eigenvalue weighted by molar-refractivity contribution is 5.85. The van der Waals surface area contributed by atoms with Gasteiger partial charge in [0.15, 0.2) is 5.78 Å². The van der Waals surface area contributed by atoms with E-state index < -0.39 is 17.7 Å². The summed E-state index contributed by atoms with van der Waals surface area (Å²) in [5.74, 6) is -1.06. The van der Waals surface area contributed by atoms with Crippen molar-refractivity contribution in [2.75, 3.05) is 6.61 Å². The van der Waals surface area contributed by atoms with Gasteiger partial charge in [-0.05, 0) is 32.1 Å². The molecule has 0 bridgehead atoms. The molecule has 174 valence electrons. The second-order valence-corrected chi connectivity index (χ2v) is 8.38. The predicted octanol–water partition coefficient (Wildman–Crippen LogP) is 3.85. The van der Waals surface area contributed by atoms with Crippen LogP contribution in [0.4, 0.5) is 0 Å². The molecule has 1 rings (SSSR count). The van der Waals surface area contributed by atoms with Crippen molar-refractivity contribution in [2.45, 2.75) is 83.3 Å². The minimum Gasteiger partial charge on any atom is -0.458 e. The number of hydrogen-bond donors (Lipinski definition) is 2. The first-order valence-electron chi connectivity index (χ1n) is 11.3. The molecule has 1 aliphatic carbocycles.